The van der Waals surface area contributed by atoms with Gasteiger partial charge in [0.2, 0.25) is 0 Å². The van der Waals surface area contributed by atoms with Crippen LogP contribution in [0.2, 0.25) is 0 Å². The zero-order valence-corrected chi connectivity index (χ0v) is 61.8. The Morgan fingerprint density at radius 3 is 0.907 bits per heavy atom. The first kappa shape index (κ1) is 82.9. The molecule has 24 heteroatoms. The molecule has 3 saturated heterocycles. The lowest BCUT2D eigenvalue weighted by atomic mass is 10.0. The van der Waals surface area contributed by atoms with Crippen molar-refractivity contribution in [1.29, 1.82) is 0 Å². The number of carbonyl (C=O) groups excluding carboxylic acids is 3. The number of morpholine rings is 3. The Kier molecular flexibility index (Phi) is 31.6. The minimum Gasteiger partial charge on any atom is -0.486 e. The second-order valence-electron chi connectivity index (χ2n) is 27.8. The summed E-state index contributed by atoms with van der Waals surface area (Å²) < 4.78 is 75.7. The summed E-state index contributed by atoms with van der Waals surface area (Å²) in [6.45, 7) is 28.7. The SMILES string of the molecule is C.C.CC(C)CCCNC(=O)c1cc(C(C)Oc2cccc(F)c2)c2nc(N3CCOCC3)cnc2c1.CC(C)CCCNC(=O)c1cc(C(C)Oc2cccc(F)c2)c2nc(N3CCOCC3)cnc2c1.CC(C)CCCNC(=O)c1cc(C(C)Oc2cccc(F)c2)c2nc(N3CCOCC3)cnc2c1. The van der Waals surface area contributed by atoms with Gasteiger partial charge in [0.1, 0.15) is 70.5 Å². The Hall–Kier alpha value is -9.78. The molecule has 3 aromatic heterocycles. The first-order valence-corrected chi connectivity index (χ1v) is 36.7. The van der Waals surface area contributed by atoms with Gasteiger partial charge in [-0.3, -0.25) is 29.3 Å². The average Bonchev–Trinajstić information content (AvgIpc) is 0.791. The molecule has 6 aromatic carbocycles. The van der Waals surface area contributed by atoms with E-state index in [1.54, 1.807) is 73.2 Å². The van der Waals surface area contributed by atoms with E-state index in [0.717, 1.165) is 112 Å². The van der Waals surface area contributed by atoms with Gasteiger partial charge in [-0.25, -0.2) is 28.1 Å². The number of aromatic nitrogens is 6. The highest BCUT2D eigenvalue weighted by Crippen LogP contribution is 2.34. The Morgan fingerprint density at radius 1 is 0.402 bits per heavy atom. The molecule has 3 atom stereocenters. The molecule has 574 valence electrons. The molecule has 0 radical (unpaired) electrons. The third-order valence-electron chi connectivity index (χ3n) is 18.2. The lowest BCUT2D eigenvalue weighted by molar-refractivity contribution is 0.0944. The second kappa shape index (κ2) is 40.8. The van der Waals surface area contributed by atoms with Gasteiger partial charge in [0, 0.05) is 110 Å². The van der Waals surface area contributed by atoms with Crippen LogP contribution in [-0.2, 0) is 14.2 Å². The van der Waals surface area contributed by atoms with Gasteiger partial charge in [-0.1, -0.05) is 74.6 Å². The summed E-state index contributed by atoms with van der Waals surface area (Å²) in [6.07, 6.45) is 9.68. The number of hydrogen-bond acceptors (Lipinski definition) is 18. The number of rotatable bonds is 27. The summed E-state index contributed by atoms with van der Waals surface area (Å²) in [5.74, 6) is 3.68. The van der Waals surface area contributed by atoms with Crippen LogP contribution >= 0.6 is 0 Å². The maximum absolute atomic E-state index is 13.7. The molecule has 0 spiro atoms. The van der Waals surface area contributed by atoms with E-state index in [-0.39, 0.29) is 50.0 Å². The zero-order chi connectivity index (χ0) is 74.4. The van der Waals surface area contributed by atoms with Gasteiger partial charge in [-0.05, 0) is 150 Å². The number of ether oxygens (including phenoxy) is 6. The maximum atomic E-state index is 13.7. The molecular weight excluding hydrogens is 1370 g/mol. The predicted molar refractivity (Wildman–Crippen MR) is 417 cm³/mol. The summed E-state index contributed by atoms with van der Waals surface area (Å²) in [7, 11) is 0. The van der Waals surface area contributed by atoms with Crippen LogP contribution in [0.15, 0.2) is 128 Å². The third kappa shape index (κ3) is 24.1. The quantitative estimate of drug-likeness (QED) is 0.0406. The molecule has 3 aliphatic rings. The number of nitrogens with one attached hydrogen (secondary N) is 3. The van der Waals surface area contributed by atoms with Gasteiger partial charge < -0.3 is 59.1 Å². The van der Waals surface area contributed by atoms with Crippen molar-refractivity contribution in [3.8, 4) is 17.2 Å². The Balaban J connectivity index is 0.000000201. The molecule has 9 aromatic rings. The van der Waals surface area contributed by atoms with Crippen LogP contribution in [0, 0.1) is 35.2 Å². The van der Waals surface area contributed by atoms with E-state index in [1.807, 2.05) is 39.0 Å². The molecular formula is C83H107F3N12O9. The van der Waals surface area contributed by atoms with E-state index < -0.39 is 18.3 Å². The molecule has 3 fully saturated rings. The lowest BCUT2D eigenvalue weighted by Crippen LogP contribution is -2.36. The van der Waals surface area contributed by atoms with Crippen LogP contribution in [-0.4, -0.2) is 146 Å². The van der Waals surface area contributed by atoms with Crippen LogP contribution in [0.1, 0.15) is 182 Å². The number of amides is 3. The molecule has 6 heterocycles. The Bertz CT molecular complexity index is 3930. The largest absolute Gasteiger partial charge is 0.486 e. The third-order valence-corrected chi connectivity index (χ3v) is 18.2. The predicted octanol–water partition coefficient (Wildman–Crippen LogP) is 16.0. The van der Waals surface area contributed by atoms with Crippen LogP contribution in [0.4, 0.5) is 30.6 Å². The highest BCUT2D eigenvalue weighted by atomic mass is 19.1. The first-order chi connectivity index (χ1) is 50.7. The van der Waals surface area contributed by atoms with E-state index >= 15 is 0 Å². The minimum atomic E-state index is -0.484. The van der Waals surface area contributed by atoms with Crippen molar-refractivity contribution < 1.29 is 56.0 Å². The van der Waals surface area contributed by atoms with E-state index in [2.05, 4.69) is 87.1 Å². The molecule has 107 heavy (non-hydrogen) atoms. The van der Waals surface area contributed by atoms with Gasteiger partial charge in [0.05, 0.1) is 91.3 Å². The number of benzene rings is 6. The fourth-order valence-corrected chi connectivity index (χ4v) is 12.4. The minimum absolute atomic E-state index is 0. The van der Waals surface area contributed by atoms with E-state index in [0.29, 0.717) is 144 Å². The lowest BCUT2D eigenvalue weighted by Gasteiger charge is -2.28. The number of fused-ring (bicyclic) bond motifs is 3. The fourth-order valence-electron chi connectivity index (χ4n) is 12.4. The summed E-state index contributed by atoms with van der Waals surface area (Å²) in [4.78, 5) is 73.9. The normalized spacial score (nSPS) is 14.6. The van der Waals surface area contributed by atoms with Crippen molar-refractivity contribution in [2.45, 2.75) is 134 Å². The number of halogens is 3. The van der Waals surface area contributed by atoms with E-state index in [1.165, 1.54) is 36.4 Å². The number of nitrogens with zero attached hydrogens (tertiary/aromatic N) is 9. The van der Waals surface area contributed by atoms with Gasteiger partial charge in [0.25, 0.3) is 17.7 Å². The van der Waals surface area contributed by atoms with Crippen molar-refractivity contribution in [2.24, 2.45) is 17.8 Å². The maximum Gasteiger partial charge on any atom is 0.251 e. The van der Waals surface area contributed by atoms with E-state index in [9.17, 15) is 27.6 Å². The smallest absolute Gasteiger partial charge is 0.251 e. The molecule has 3 N–H and O–H groups in total. The van der Waals surface area contributed by atoms with Gasteiger partial charge in [0.15, 0.2) is 0 Å². The number of hydrogen-bond donors (Lipinski definition) is 3. The number of anilines is 3. The molecule has 3 amide bonds. The van der Waals surface area contributed by atoms with Crippen LogP contribution < -0.4 is 44.9 Å². The molecule has 0 saturated carbocycles. The van der Waals surface area contributed by atoms with Crippen molar-refractivity contribution >= 4 is 68.3 Å². The molecule has 3 unspecified atom stereocenters. The highest BCUT2D eigenvalue weighted by molar-refractivity contribution is 6.00. The average molecular weight is 1470 g/mol. The molecule has 0 bridgehead atoms. The standard InChI is InChI=1S/3C27H33FN4O3.2CH4/c3*1-18(2)6-5-9-29-27(33)20-14-23(19(3)35-22-8-4-7-21(28)16-22)26-24(15-20)30-17-25(31-26)32-10-12-34-13-11-32;;/h3*4,7-8,14-19H,5-6,9-13H2,1-3H3,(H,29,33);2*1H4. The van der Waals surface area contributed by atoms with Crippen LogP contribution in [0.25, 0.3) is 33.1 Å². The first-order valence-electron chi connectivity index (χ1n) is 36.7. The van der Waals surface area contributed by atoms with Gasteiger partial charge in [-0.15, -0.1) is 0 Å². The molecule has 3 aliphatic heterocycles. The van der Waals surface area contributed by atoms with Gasteiger partial charge >= 0.3 is 0 Å². The highest BCUT2D eigenvalue weighted by Gasteiger charge is 2.26. The zero-order valence-electron chi connectivity index (χ0n) is 61.8. The van der Waals surface area contributed by atoms with Crippen LogP contribution in [0.3, 0.4) is 0 Å². The van der Waals surface area contributed by atoms with Crippen molar-refractivity contribution in [1.82, 2.24) is 45.9 Å². The topological polar surface area (TPSA) is 230 Å². The van der Waals surface area contributed by atoms with Crippen LogP contribution in [0.5, 0.6) is 17.2 Å². The number of carbonyl (C=O) groups is 3. The molecule has 12 rings (SSSR count). The Labute approximate surface area is 628 Å². The molecule has 21 nitrogen and oxygen atoms in total. The van der Waals surface area contributed by atoms with Crippen molar-refractivity contribution in [3.63, 3.8) is 0 Å². The van der Waals surface area contributed by atoms with E-state index in [4.69, 9.17) is 43.4 Å². The van der Waals surface area contributed by atoms with Crippen molar-refractivity contribution in [2.75, 3.05) is 113 Å². The van der Waals surface area contributed by atoms with Crippen molar-refractivity contribution in [3.05, 3.63) is 179 Å². The van der Waals surface area contributed by atoms with Gasteiger partial charge in [-0.2, -0.15) is 0 Å². The fraction of sp³-hybridized carbons (Fsp3) is 0.458. The second-order valence-corrected chi connectivity index (χ2v) is 27.8. The summed E-state index contributed by atoms with van der Waals surface area (Å²) >= 11 is 0. The summed E-state index contributed by atoms with van der Waals surface area (Å²) in [6, 6.07) is 28.8. The summed E-state index contributed by atoms with van der Waals surface area (Å²) in [5.41, 5.74) is 7.49. The molecule has 0 aliphatic carbocycles. The monoisotopic (exact) mass is 1470 g/mol. The summed E-state index contributed by atoms with van der Waals surface area (Å²) in [5, 5.41) is 9.02. The Morgan fingerprint density at radius 2 is 0.664 bits per heavy atom.